The zero-order valence-electron chi connectivity index (χ0n) is 11.3. The Hall–Kier alpha value is -1.12. The van der Waals surface area contributed by atoms with Crippen LogP contribution in [0.2, 0.25) is 0 Å². The predicted molar refractivity (Wildman–Crippen MR) is 68.4 cm³/mol. The number of hydrogen-bond acceptors (Lipinski definition) is 3. The highest BCUT2D eigenvalue weighted by molar-refractivity contribution is 5.35. The first kappa shape index (κ1) is 12.9. The molecule has 3 heteroatoms. The van der Waals surface area contributed by atoms with Gasteiger partial charge in [0.1, 0.15) is 0 Å². The maximum atomic E-state index is 5.73. The minimum Gasteiger partial charge on any atom is -0.368 e. The molecule has 0 aliphatic rings. The summed E-state index contributed by atoms with van der Waals surface area (Å²) in [5.74, 6) is 0.988. The van der Waals surface area contributed by atoms with Gasteiger partial charge >= 0.3 is 0 Å². The number of aromatic nitrogens is 2. The number of rotatable bonds is 2. The van der Waals surface area contributed by atoms with E-state index >= 15 is 0 Å². The van der Waals surface area contributed by atoms with Crippen molar-refractivity contribution in [3.63, 3.8) is 0 Å². The number of nitrogen functional groups attached to an aromatic ring is 1. The average molecular weight is 221 g/mol. The summed E-state index contributed by atoms with van der Waals surface area (Å²) in [6.07, 6.45) is 1.01. The monoisotopic (exact) mass is 221 g/mol. The number of anilines is 1. The van der Waals surface area contributed by atoms with Gasteiger partial charge in [0.25, 0.3) is 0 Å². The van der Waals surface area contributed by atoms with Crippen molar-refractivity contribution < 1.29 is 0 Å². The van der Waals surface area contributed by atoms with E-state index in [-0.39, 0.29) is 5.41 Å². The molecule has 0 bridgehead atoms. The summed E-state index contributed by atoms with van der Waals surface area (Å²) in [7, 11) is 0. The molecule has 0 fully saturated rings. The van der Waals surface area contributed by atoms with E-state index in [1.165, 1.54) is 5.56 Å². The van der Waals surface area contributed by atoms with E-state index in [2.05, 4.69) is 44.6 Å². The highest BCUT2D eigenvalue weighted by atomic mass is 15.0. The summed E-state index contributed by atoms with van der Waals surface area (Å²) in [5.41, 5.74) is 9.12. The smallest absolute Gasteiger partial charge is 0.220 e. The number of hydrogen-bond donors (Lipinski definition) is 1. The van der Waals surface area contributed by atoms with E-state index in [1.54, 1.807) is 0 Å². The van der Waals surface area contributed by atoms with Gasteiger partial charge in [-0.15, -0.1) is 0 Å². The molecule has 3 nitrogen and oxygen atoms in total. The molecular formula is C13H23N3. The van der Waals surface area contributed by atoms with Crippen molar-refractivity contribution in [2.45, 2.75) is 53.4 Å². The van der Waals surface area contributed by atoms with Crippen molar-refractivity contribution in [1.82, 2.24) is 9.97 Å². The van der Waals surface area contributed by atoms with Gasteiger partial charge in [0, 0.05) is 11.1 Å². The first-order valence-electron chi connectivity index (χ1n) is 5.85. The van der Waals surface area contributed by atoms with Gasteiger partial charge in [-0.2, -0.15) is 0 Å². The van der Waals surface area contributed by atoms with Crippen LogP contribution in [0.15, 0.2) is 0 Å². The Labute approximate surface area is 98.5 Å². The molecule has 1 heterocycles. The highest BCUT2D eigenvalue weighted by Crippen LogP contribution is 2.27. The zero-order chi connectivity index (χ0) is 12.5. The number of nitrogens with two attached hydrogens (primary N) is 1. The van der Waals surface area contributed by atoms with Crippen molar-refractivity contribution in [1.29, 1.82) is 0 Å². The van der Waals surface area contributed by atoms with E-state index in [4.69, 9.17) is 5.73 Å². The summed E-state index contributed by atoms with van der Waals surface area (Å²) in [4.78, 5) is 8.69. The van der Waals surface area contributed by atoms with E-state index in [1.807, 2.05) is 6.92 Å². The van der Waals surface area contributed by atoms with Gasteiger partial charge < -0.3 is 5.73 Å². The Morgan fingerprint density at radius 1 is 1.19 bits per heavy atom. The Morgan fingerprint density at radius 2 is 1.75 bits per heavy atom. The quantitative estimate of drug-likeness (QED) is 0.835. The lowest BCUT2D eigenvalue weighted by molar-refractivity contribution is 0.542. The Kier molecular flexibility index (Phi) is 3.56. The molecule has 0 saturated carbocycles. The molecule has 0 unspecified atom stereocenters. The summed E-state index contributed by atoms with van der Waals surface area (Å²) in [6, 6.07) is 0. The minimum absolute atomic E-state index is 0.0199. The molecule has 0 saturated heterocycles. The fourth-order valence-corrected chi connectivity index (χ4v) is 1.89. The molecular weight excluding hydrogens is 198 g/mol. The zero-order valence-corrected chi connectivity index (χ0v) is 11.3. The van der Waals surface area contributed by atoms with Crippen LogP contribution in [0.25, 0.3) is 0 Å². The van der Waals surface area contributed by atoms with Crippen molar-refractivity contribution >= 4 is 5.95 Å². The third kappa shape index (κ3) is 2.94. The van der Waals surface area contributed by atoms with Crippen LogP contribution < -0.4 is 5.73 Å². The predicted octanol–water partition coefficient (Wildman–Crippen LogP) is 2.86. The van der Waals surface area contributed by atoms with Crippen molar-refractivity contribution in [2.24, 2.45) is 5.92 Å². The van der Waals surface area contributed by atoms with E-state index < -0.39 is 0 Å². The molecule has 2 N–H and O–H groups in total. The van der Waals surface area contributed by atoms with Crippen LogP contribution in [0.4, 0.5) is 5.95 Å². The summed E-state index contributed by atoms with van der Waals surface area (Å²) >= 11 is 0. The van der Waals surface area contributed by atoms with E-state index in [0.717, 1.165) is 17.8 Å². The van der Waals surface area contributed by atoms with E-state index in [9.17, 15) is 0 Å². The van der Waals surface area contributed by atoms with Gasteiger partial charge in [0.05, 0.1) is 5.69 Å². The lowest BCUT2D eigenvalue weighted by atomic mass is 9.85. The van der Waals surface area contributed by atoms with Crippen LogP contribution >= 0.6 is 0 Å². The first-order chi connectivity index (χ1) is 7.21. The molecule has 1 aromatic rings. The molecule has 1 rings (SSSR count). The fourth-order valence-electron chi connectivity index (χ4n) is 1.89. The normalized spacial score (nSPS) is 12.2. The van der Waals surface area contributed by atoms with Crippen molar-refractivity contribution in [2.75, 3.05) is 5.73 Å². The minimum atomic E-state index is 0.0199. The molecule has 0 aliphatic heterocycles. The second-order valence-corrected chi connectivity index (χ2v) is 5.84. The fraction of sp³-hybridized carbons (Fsp3) is 0.692. The van der Waals surface area contributed by atoms with Crippen LogP contribution in [-0.2, 0) is 11.8 Å². The van der Waals surface area contributed by atoms with Crippen molar-refractivity contribution in [3.8, 4) is 0 Å². The SMILES string of the molecule is Cc1nc(N)nc(C(C)(C)C)c1CC(C)C. The molecule has 0 amide bonds. The summed E-state index contributed by atoms with van der Waals surface area (Å²) in [5, 5.41) is 0. The third-order valence-electron chi connectivity index (χ3n) is 2.55. The second-order valence-electron chi connectivity index (χ2n) is 5.84. The summed E-state index contributed by atoms with van der Waals surface area (Å²) in [6.45, 7) is 12.9. The molecule has 0 aliphatic carbocycles. The second kappa shape index (κ2) is 4.40. The maximum absolute atomic E-state index is 5.73. The highest BCUT2D eigenvalue weighted by Gasteiger charge is 2.22. The lowest BCUT2D eigenvalue weighted by Gasteiger charge is -2.23. The first-order valence-corrected chi connectivity index (χ1v) is 5.85. The van der Waals surface area contributed by atoms with Crippen LogP contribution in [0.3, 0.4) is 0 Å². The van der Waals surface area contributed by atoms with Gasteiger partial charge in [0.15, 0.2) is 0 Å². The third-order valence-corrected chi connectivity index (χ3v) is 2.55. The summed E-state index contributed by atoms with van der Waals surface area (Å²) < 4.78 is 0. The Morgan fingerprint density at radius 3 is 2.19 bits per heavy atom. The van der Waals surface area contributed by atoms with Gasteiger partial charge in [-0.25, -0.2) is 9.97 Å². The standard InChI is InChI=1S/C13H23N3/c1-8(2)7-10-9(3)15-12(14)16-11(10)13(4,5)6/h8H,7H2,1-6H3,(H2,14,15,16). The van der Waals surface area contributed by atoms with Gasteiger partial charge in [0.2, 0.25) is 5.95 Å². The maximum Gasteiger partial charge on any atom is 0.220 e. The van der Waals surface area contributed by atoms with Crippen LogP contribution in [-0.4, -0.2) is 9.97 Å². The van der Waals surface area contributed by atoms with Crippen molar-refractivity contribution in [3.05, 3.63) is 17.0 Å². The van der Waals surface area contributed by atoms with Crippen LogP contribution in [0, 0.1) is 12.8 Å². The molecule has 90 valence electrons. The molecule has 1 aromatic heterocycles. The topological polar surface area (TPSA) is 51.8 Å². The van der Waals surface area contributed by atoms with Gasteiger partial charge in [-0.1, -0.05) is 34.6 Å². The molecule has 0 spiro atoms. The average Bonchev–Trinajstić information content (AvgIpc) is 2.06. The van der Waals surface area contributed by atoms with Gasteiger partial charge in [-0.05, 0) is 24.8 Å². The molecule has 0 atom stereocenters. The van der Waals surface area contributed by atoms with Gasteiger partial charge in [-0.3, -0.25) is 0 Å². The number of nitrogens with zero attached hydrogens (tertiary/aromatic N) is 2. The van der Waals surface area contributed by atoms with Crippen LogP contribution in [0.1, 0.15) is 51.6 Å². The number of aryl methyl sites for hydroxylation is 1. The molecule has 16 heavy (non-hydrogen) atoms. The Bertz CT molecular complexity index is 375. The molecule has 0 aromatic carbocycles. The van der Waals surface area contributed by atoms with Crippen LogP contribution in [0.5, 0.6) is 0 Å². The molecule has 0 radical (unpaired) electrons. The largest absolute Gasteiger partial charge is 0.368 e. The Balaban J connectivity index is 3.33. The van der Waals surface area contributed by atoms with E-state index in [0.29, 0.717) is 11.9 Å². The lowest BCUT2D eigenvalue weighted by Crippen LogP contribution is -2.20.